The van der Waals surface area contributed by atoms with E-state index >= 15 is 0 Å². The van der Waals surface area contributed by atoms with Crippen molar-refractivity contribution in [1.29, 1.82) is 0 Å². The summed E-state index contributed by atoms with van der Waals surface area (Å²) in [6.45, 7) is -0.0733. The summed E-state index contributed by atoms with van der Waals surface area (Å²) in [5.41, 5.74) is 1.74. The summed E-state index contributed by atoms with van der Waals surface area (Å²) in [7, 11) is 0. The van der Waals surface area contributed by atoms with Gasteiger partial charge < -0.3 is 22.6 Å². The van der Waals surface area contributed by atoms with Gasteiger partial charge in [-0.05, 0) is 29.8 Å². The Morgan fingerprint density at radius 1 is 1.10 bits per heavy atom. The van der Waals surface area contributed by atoms with E-state index in [-0.39, 0.29) is 24.7 Å². The molecule has 0 saturated heterocycles. The van der Waals surface area contributed by atoms with Gasteiger partial charge in [0.2, 0.25) is 12.2 Å². The first kappa shape index (κ1) is 15.7. The molecule has 0 saturated carbocycles. The zero-order valence-electron chi connectivity index (χ0n) is 10.6. The van der Waals surface area contributed by atoms with Gasteiger partial charge in [-0.1, -0.05) is 12.1 Å². The predicted octanol–water partition coefficient (Wildman–Crippen LogP) is -1.06. The smallest absolute Gasteiger partial charge is 0.370 e. The van der Waals surface area contributed by atoms with Gasteiger partial charge in [0.25, 0.3) is 0 Å². The summed E-state index contributed by atoms with van der Waals surface area (Å²) in [6, 6.07) is 12.3. The number of rotatable bonds is 4. The highest BCUT2D eigenvalue weighted by Gasteiger charge is 2.10. The molecule has 2 rings (SSSR count). The second-order valence-electron chi connectivity index (χ2n) is 4.07. The highest BCUT2D eigenvalue weighted by molar-refractivity contribution is 5.68. The van der Waals surface area contributed by atoms with Gasteiger partial charge >= 0.3 is 5.97 Å². The van der Waals surface area contributed by atoms with Crippen LogP contribution in [0.3, 0.4) is 0 Å². The van der Waals surface area contributed by atoms with Gasteiger partial charge in [0.1, 0.15) is 5.75 Å². The van der Waals surface area contributed by atoms with Crippen LogP contribution in [-0.4, -0.2) is 16.2 Å². The highest BCUT2D eigenvalue weighted by Crippen LogP contribution is 2.11. The second-order valence-corrected chi connectivity index (χ2v) is 4.07. The third kappa shape index (κ3) is 4.40. The number of benzene rings is 1. The third-order valence-corrected chi connectivity index (χ3v) is 2.62. The fourth-order valence-electron chi connectivity index (χ4n) is 1.70. The van der Waals surface area contributed by atoms with Crippen LogP contribution < -0.4 is 17.0 Å². The lowest BCUT2D eigenvalue weighted by Crippen LogP contribution is -3.00. The molecular weight excluding hydrogens is 278 g/mol. The third-order valence-electron chi connectivity index (χ3n) is 2.62. The number of aromatic nitrogens is 1. The van der Waals surface area contributed by atoms with Crippen LogP contribution in [0.1, 0.15) is 11.3 Å². The van der Waals surface area contributed by atoms with E-state index in [1.807, 2.05) is 24.3 Å². The maximum absolute atomic E-state index is 10.8. The standard InChI is InChI=1S/C15H13NO3.ClH/c17-14-8-5-12(6-9-14)4-7-13-3-1-2-10-16(13)11-15(18)19;/h1-10H,11H2,(H,18,19);1H. The maximum atomic E-state index is 10.8. The van der Waals surface area contributed by atoms with Gasteiger partial charge in [-0.25, -0.2) is 4.79 Å². The van der Waals surface area contributed by atoms with Crippen LogP contribution in [0.2, 0.25) is 0 Å². The van der Waals surface area contributed by atoms with Crippen molar-refractivity contribution in [2.75, 3.05) is 0 Å². The molecule has 104 valence electrons. The molecule has 20 heavy (non-hydrogen) atoms. The number of nitrogens with zero attached hydrogens (tertiary/aromatic N) is 1. The number of phenols is 1. The van der Waals surface area contributed by atoms with Crippen molar-refractivity contribution in [1.82, 2.24) is 0 Å². The molecule has 0 bridgehead atoms. The number of hydrogen-bond acceptors (Lipinski definition) is 2. The van der Waals surface area contributed by atoms with Crippen molar-refractivity contribution in [2.45, 2.75) is 6.54 Å². The van der Waals surface area contributed by atoms with Crippen LogP contribution in [0.4, 0.5) is 0 Å². The largest absolute Gasteiger partial charge is 1.00 e. The van der Waals surface area contributed by atoms with E-state index in [1.165, 1.54) is 0 Å². The topological polar surface area (TPSA) is 61.4 Å². The number of hydrogen-bond donors (Lipinski definition) is 2. The lowest BCUT2D eigenvalue weighted by atomic mass is 10.2. The summed E-state index contributed by atoms with van der Waals surface area (Å²) in [5.74, 6) is -0.659. The van der Waals surface area contributed by atoms with Crippen molar-refractivity contribution < 1.29 is 32.0 Å². The summed E-state index contributed by atoms with van der Waals surface area (Å²) < 4.78 is 1.65. The Bertz CT molecular complexity index is 609. The Hall–Kier alpha value is -2.33. The molecule has 0 spiro atoms. The fraction of sp³-hybridized carbons (Fsp3) is 0.0667. The Labute approximate surface area is 123 Å². The Morgan fingerprint density at radius 2 is 1.80 bits per heavy atom. The van der Waals surface area contributed by atoms with E-state index in [9.17, 15) is 9.90 Å². The molecule has 0 unspecified atom stereocenters. The molecule has 0 aliphatic carbocycles. The van der Waals surface area contributed by atoms with Gasteiger partial charge in [0, 0.05) is 18.2 Å². The molecule has 0 atom stereocenters. The van der Waals surface area contributed by atoms with E-state index in [2.05, 4.69) is 0 Å². The van der Waals surface area contributed by atoms with Crippen LogP contribution in [-0.2, 0) is 11.3 Å². The van der Waals surface area contributed by atoms with E-state index in [0.717, 1.165) is 11.3 Å². The second kappa shape index (κ2) is 7.31. The lowest BCUT2D eigenvalue weighted by molar-refractivity contribution is -0.687. The van der Waals surface area contributed by atoms with Gasteiger partial charge in [-0.3, -0.25) is 0 Å². The molecule has 2 aromatic rings. The summed E-state index contributed by atoms with van der Waals surface area (Å²) in [6.07, 6.45) is 5.44. The summed E-state index contributed by atoms with van der Waals surface area (Å²) in [5, 5.41) is 18.0. The molecule has 0 fully saturated rings. The molecule has 0 radical (unpaired) electrons. The molecule has 0 amide bonds. The van der Waals surface area contributed by atoms with Crippen molar-refractivity contribution in [3.05, 3.63) is 59.9 Å². The van der Waals surface area contributed by atoms with E-state index in [1.54, 1.807) is 41.1 Å². The molecule has 4 nitrogen and oxygen atoms in total. The summed E-state index contributed by atoms with van der Waals surface area (Å²) in [4.78, 5) is 10.8. The molecule has 0 aliphatic heterocycles. The van der Waals surface area contributed by atoms with Crippen LogP contribution in [0.15, 0.2) is 48.7 Å². The normalized spacial score (nSPS) is 10.2. The predicted molar refractivity (Wildman–Crippen MR) is 71.3 cm³/mol. The zero-order chi connectivity index (χ0) is 13.7. The molecule has 0 aliphatic rings. The Morgan fingerprint density at radius 3 is 2.45 bits per heavy atom. The molecular formula is C15H14ClNO3. The number of aliphatic carboxylic acids is 1. The van der Waals surface area contributed by atoms with Crippen molar-refractivity contribution in [2.24, 2.45) is 0 Å². The number of halogens is 1. The van der Waals surface area contributed by atoms with Gasteiger partial charge in [0.05, 0.1) is 0 Å². The first-order valence-corrected chi connectivity index (χ1v) is 5.82. The molecule has 1 heterocycles. The van der Waals surface area contributed by atoms with E-state index in [0.29, 0.717) is 0 Å². The minimum atomic E-state index is -0.879. The zero-order valence-corrected chi connectivity index (χ0v) is 11.4. The molecule has 5 heteroatoms. The first-order valence-electron chi connectivity index (χ1n) is 5.82. The number of phenolic OH excluding ortho intramolecular Hbond substituents is 1. The van der Waals surface area contributed by atoms with Crippen LogP contribution in [0.25, 0.3) is 12.2 Å². The van der Waals surface area contributed by atoms with E-state index in [4.69, 9.17) is 5.11 Å². The average molecular weight is 292 g/mol. The number of carboxylic acid groups (broad SMARTS) is 1. The van der Waals surface area contributed by atoms with E-state index < -0.39 is 5.97 Å². The van der Waals surface area contributed by atoms with Crippen LogP contribution in [0, 0.1) is 0 Å². The van der Waals surface area contributed by atoms with Crippen molar-refractivity contribution >= 4 is 18.1 Å². The number of aromatic hydroxyl groups is 1. The molecule has 2 N–H and O–H groups in total. The highest BCUT2D eigenvalue weighted by atomic mass is 35.5. The Kier molecular flexibility index (Phi) is 5.74. The monoisotopic (exact) mass is 291 g/mol. The van der Waals surface area contributed by atoms with Crippen LogP contribution in [0.5, 0.6) is 5.75 Å². The SMILES string of the molecule is O=C(O)C[n+]1ccccc1/C=C/c1ccc(O)cc1.[Cl-]. The minimum Gasteiger partial charge on any atom is -1.00 e. The molecule has 1 aromatic carbocycles. The fourth-order valence-corrected chi connectivity index (χ4v) is 1.70. The first-order chi connectivity index (χ1) is 9.15. The molecule has 1 aromatic heterocycles. The average Bonchev–Trinajstić information content (AvgIpc) is 2.39. The minimum absolute atomic E-state index is 0. The van der Waals surface area contributed by atoms with Gasteiger partial charge in [0.15, 0.2) is 6.20 Å². The maximum Gasteiger partial charge on any atom is 0.370 e. The number of pyridine rings is 1. The van der Waals surface area contributed by atoms with Crippen LogP contribution >= 0.6 is 0 Å². The Balaban J connectivity index is 0.00000200. The lowest BCUT2D eigenvalue weighted by Gasteiger charge is -1.97. The van der Waals surface area contributed by atoms with Gasteiger partial charge in [-0.15, -0.1) is 0 Å². The van der Waals surface area contributed by atoms with Crippen molar-refractivity contribution in [3.63, 3.8) is 0 Å². The number of carboxylic acids is 1. The van der Waals surface area contributed by atoms with Crippen molar-refractivity contribution in [3.8, 4) is 5.75 Å². The number of carbonyl (C=O) groups is 1. The summed E-state index contributed by atoms with van der Waals surface area (Å²) >= 11 is 0. The van der Waals surface area contributed by atoms with Gasteiger partial charge in [-0.2, -0.15) is 4.57 Å². The quantitative estimate of drug-likeness (QED) is 0.706.